The number of alkyl halides is 1. The zero-order chi connectivity index (χ0) is 11.2. The van der Waals surface area contributed by atoms with Crippen molar-refractivity contribution >= 4 is 15.9 Å². The van der Waals surface area contributed by atoms with Crippen molar-refractivity contribution in [3.63, 3.8) is 0 Å². The minimum atomic E-state index is -0.0974. The van der Waals surface area contributed by atoms with Crippen LogP contribution in [0.15, 0.2) is 12.1 Å². The van der Waals surface area contributed by atoms with E-state index in [0.29, 0.717) is 4.83 Å². The third kappa shape index (κ3) is 2.10. The van der Waals surface area contributed by atoms with Gasteiger partial charge in [0.1, 0.15) is 5.82 Å². The van der Waals surface area contributed by atoms with Crippen LogP contribution in [-0.2, 0) is 0 Å². The number of aryl methyl sites for hydroxylation is 2. The number of rotatable bonds is 2. The monoisotopic (exact) mass is 270 g/mol. The van der Waals surface area contributed by atoms with Crippen LogP contribution in [0.4, 0.5) is 4.39 Å². The van der Waals surface area contributed by atoms with Crippen molar-refractivity contribution in [3.8, 4) is 0 Å². The van der Waals surface area contributed by atoms with Gasteiger partial charge in [-0.2, -0.15) is 0 Å². The van der Waals surface area contributed by atoms with E-state index < -0.39 is 0 Å². The van der Waals surface area contributed by atoms with Gasteiger partial charge in [-0.1, -0.05) is 28.9 Å². The van der Waals surface area contributed by atoms with Crippen molar-refractivity contribution in [1.29, 1.82) is 0 Å². The molecular formula is C13H16BrF. The first-order valence-corrected chi connectivity index (χ1v) is 6.33. The van der Waals surface area contributed by atoms with Gasteiger partial charge >= 0.3 is 0 Å². The quantitative estimate of drug-likeness (QED) is 0.693. The molecule has 0 heterocycles. The highest BCUT2D eigenvalue weighted by Crippen LogP contribution is 2.51. The Balaban J connectivity index is 2.31. The second kappa shape index (κ2) is 3.89. The SMILES string of the molecule is Cc1cc(C(Br)C2CC2C)c(C)cc1F. The van der Waals surface area contributed by atoms with E-state index in [2.05, 4.69) is 22.9 Å². The topological polar surface area (TPSA) is 0 Å². The summed E-state index contributed by atoms with van der Waals surface area (Å²) in [4.78, 5) is 0.395. The summed E-state index contributed by atoms with van der Waals surface area (Å²) in [5.41, 5.74) is 3.05. The van der Waals surface area contributed by atoms with Gasteiger partial charge in [-0.15, -0.1) is 0 Å². The highest BCUT2D eigenvalue weighted by Gasteiger charge is 2.39. The first-order chi connectivity index (χ1) is 7.00. The minimum absolute atomic E-state index is 0.0974. The highest BCUT2D eigenvalue weighted by molar-refractivity contribution is 9.09. The Morgan fingerprint density at radius 2 is 1.93 bits per heavy atom. The van der Waals surface area contributed by atoms with Crippen LogP contribution < -0.4 is 0 Å². The van der Waals surface area contributed by atoms with E-state index in [-0.39, 0.29) is 5.82 Å². The molecule has 1 saturated carbocycles. The van der Waals surface area contributed by atoms with E-state index in [1.165, 1.54) is 12.0 Å². The Morgan fingerprint density at radius 3 is 2.47 bits per heavy atom. The number of benzene rings is 1. The molecule has 0 amide bonds. The zero-order valence-corrected chi connectivity index (χ0v) is 10.9. The lowest BCUT2D eigenvalue weighted by Crippen LogP contribution is -1.99. The molecule has 0 radical (unpaired) electrons. The lowest BCUT2D eigenvalue weighted by Gasteiger charge is -2.14. The molecule has 0 aliphatic heterocycles. The molecule has 1 fully saturated rings. The van der Waals surface area contributed by atoms with E-state index in [1.54, 1.807) is 6.07 Å². The summed E-state index contributed by atoms with van der Waals surface area (Å²) >= 11 is 3.74. The maximum Gasteiger partial charge on any atom is 0.126 e. The van der Waals surface area contributed by atoms with Gasteiger partial charge < -0.3 is 0 Å². The molecule has 1 aromatic rings. The van der Waals surface area contributed by atoms with Crippen molar-refractivity contribution < 1.29 is 4.39 Å². The summed E-state index contributed by atoms with van der Waals surface area (Å²) in [5, 5.41) is 0. The standard InChI is InChI=1S/C13H16BrF/c1-7-4-10(7)13(14)11-5-9(3)12(15)6-8(11)2/h5-7,10,13H,4H2,1-3H3. The average molecular weight is 271 g/mol. The maximum atomic E-state index is 13.3. The van der Waals surface area contributed by atoms with E-state index in [4.69, 9.17) is 0 Å². The molecule has 3 unspecified atom stereocenters. The molecule has 2 heteroatoms. The molecule has 0 bridgehead atoms. The largest absolute Gasteiger partial charge is 0.207 e. The molecule has 0 aromatic heterocycles. The summed E-state index contributed by atoms with van der Waals surface area (Å²) in [6.45, 7) is 6.08. The first-order valence-electron chi connectivity index (χ1n) is 5.41. The first kappa shape index (κ1) is 11.1. The van der Waals surface area contributed by atoms with Crippen molar-refractivity contribution in [3.05, 3.63) is 34.6 Å². The van der Waals surface area contributed by atoms with E-state index in [9.17, 15) is 4.39 Å². The van der Waals surface area contributed by atoms with Gasteiger partial charge in [0.25, 0.3) is 0 Å². The van der Waals surface area contributed by atoms with E-state index >= 15 is 0 Å². The molecule has 15 heavy (non-hydrogen) atoms. The predicted octanol–water partition coefficient (Wildman–Crippen LogP) is 4.53. The van der Waals surface area contributed by atoms with Crippen LogP contribution in [0.1, 0.15) is 34.9 Å². The molecule has 0 saturated heterocycles. The van der Waals surface area contributed by atoms with Crippen LogP contribution in [0.5, 0.6) is 0 Å². The lowest BCUT2D eigenvalue weighted by molar-refractivity contribution is 0.614. The molecule has 0 nitrogen and oxygen atoms in total. The van der Waals surface area contributed by atoms with Crippen molar-refractivity contribution in [2.45, 2.75) is 32.0 Å². The number of hydrogen-bond donors (Lipinski definition) is 0. The van der Waals surface area contributed by atoms with Crippen LogP contribution in [-0.4, -0.2) is 0 Å². The van der Waals surface area contributed by atoms with Crippen LogP contribution in [0, 0.1) is 31.5 Å². The van der Waals surface area contributed by atoms with Gasteiger partial charge in [0.05, 0.1) is 0 Å². The van der Waals surface area contributed by atoms with E-state index in [0.717, 1.165) is 23.0 Å². The van der Waals surface area contributed by atoms with Crippen LogP contribution >= 0.6 is 15.9 Å². The smallest absolute Gasteiger partial charge is 0.126 e. The van der Waals surface area contributed by atoms with Crippen LogP contribution in [0.3, 0.4) is 0 Å². The Labute approximate surface area is 99.0 Å². The van der Waals surface area contributed by atoms with Gasteiger partial charge in [-0.25, -0.2) is 4.39 Å². The normalized spacial score (nSPS) is 26.5. The summed E-state index contributed by atoms with van der Waals surface area (Å²) in [7, 11) is 0. The van der Waals surface area contributed by atoms with Crippen molar-refractivity contribution in [2.75, 3.05) is 0 Å². The van der Waals surface area contributed by atoms with Crippen molar-refractivity contribution in [1.82, 2.24) is 0 Å². The molecule has 82 valence electrons. The second-order valence-corrected chi connectivity index (χ2v) is 5.72. The molecule has 3 atom stereocenters. The summed E-state index contributed by atoms with van der Waals surface area (Å²) in [6, 6.07) is 3.63. The average Bonchev–Trinajstić information content (AvgIpc) is 2.88. The Hall–Kier alpha value is -0.370. The maximum absolute atomic E-state index is 13.3. The van der Waals surface area contributed by atoms with Crippen LogP contribution in [0.2, 0.25) is 0 Å². The molecule has 0 spiro atoms. The number of hydrogen-bond acceptors (Lipinski definition) is 0. The molecule has 0 N–H and O–H groups in total. The lowest BCUT2D eigenvalue weighted by atomic mass is 9.99. The van der Waals surface area contributed by atoms with Gasteiger partial charge in [-0.05, 0) is 54.9 Å². The minimum Gasteiger partial charge on any atom is -0.207 e. The summed E-state index contributed by atoms with van der Waals surface area (Å²) < 4.78 is 13.3. The molecular weight excluding hydrogens is 255 g/mol. The molecule has 2 rings (SSSR count). The summed E-state index contributed by atoms with van der Waals surface area (Å²) in [5.74, 6) is 1.44. The summed E-state index contributed by atoms with van der Waals surface area (Å²) in [6.07, 6.45) is 1.28. The number of halogens is 2. The molecule has 1 aliphatic carbocycles. The Morgan fingerprint density at radius 1 is 1.33 bits per heavy atom. The van der Waals surface area contributed by atoms with Crippen molar-refractivity contribution in [2.24, 2.45) is 11.8 Å². The molecule has 1 aromatic carbocycles. The zero-order valence-electron chi connectivity index (χ0n) is 9.35. The third-order valence-corrected chi connectivity index (χ3v) is 4.56. The van der Waals surface area contributed by atoms with E-state index in [1.807, 2.05) is 19.9 Å². The Bertz CT molecular complexity index is 386. The van der Waals surface area contributed by atoms with Gasteiger partial charge in [-0.3, -0.25) is 0 Å². The third-order valence-electron chi connectivity index (χ3n) is 3.39. The fraction of sp³-hybridized carbons (Fsp3) is 0.538. The fourth-order valence-corrected chi connectivity index (χ4v) is 3.32. The molecule has 1 aliphatic rings. The van der Waals surface area contributed by atoms with Crippen LogP contribution in [0.25, 0.3) is 0 Å². The van der Waals surface area contributed by atoms with Gasteiger partial charge in [0, 0.05) is 4.83 Å². The van der Waals surface area contributed by atoms with Gasteiger partial charge in [0.2, 0.25) is 0 Å². The Kier molecular flexibility index (Phi) is 2.89. The fourth-order valence-electron chi connectivity index (χ4n) is 2.09. The highest BCUT2D eigenvalue weighted by atomic mass is 79.9. The van der Waals surface area contributed by atoms with Gasteiger partial charge in [0.15, 0.2) is 0 Å². The predicted molar refractivity (Wildman–Crippen MR) is 64.8 cm³/mol. The second-order valence-electron chi connectivity index (χ2n) is 4.74.